The number of aromatic carboxylic acids is 1. The van der Waals surface area contributed by atoms with Crippen LogP contribution >= 0.6 is 0 Å². The topological polar surface area (TPSA) is 65.7 Å². The Bertz CT molecular complexity index is 644. The minimum Gasteiger partial charge on any atom is -0.475 e. The Balaban J connectivity index is 1.91. The van der Waals surface area contributed by atoms with Crippen molar-refractivity contribution in [2.45, 2.75) is 25.4 Å². The van der Waals surface area contributed by atoms with Crippen molar-refractivity contribution in [1.82, 2.24) is 10.2 Å². The van der Waals surface area contributed by atoms with E-state index < -0.39 is 5.97 Å². The molecule has 5 heteroatoms. The van der Waals surface area contributed by atoms with Gasteiger partial charge in [-0.3, -0.25) is 4.90 Å². The molecular formula is C16H20N2O3. The van der Waals surface area contributed by atoms with E-state index in [0.29, 0.717) is 18.2 Å². The van der Waals surface area contributed by atoms with E-state index in [1.807, 2.05) is 24.3 Å². The van der Waals surface area contributed by atoms with Gasteiger partial charge in [-0.25, -0.2) is 4.79 Å². The van der Waals surface area contributed by atoms with Gasteiger partial charge in [-0.2, -0.15) is 0 Å². The van der Waals surface area contributed by atoms with Gasteiger partial charge in [-0.1, -0.05) is 18.2 Å². The average molecular weight is 288 g/mol. The Kier molecular flexibility index (Phi) is 3.94. The SMILES string of the molecule is CN(Cc1c(C(=O)O)oc2ccccc12)C1CCNCC1. The third kappa shape index (κ3) is 2.80. The molecule has 2 heterocycles. The maximum absolute atomic E-state index is 11.4. The van der Waals surface area contributed by atoms with Crippen molar-refractivity contribution in [1.29, 1.82) is 0 Å². The second-order valence-corrected chi connectivity index (χ2v) is 5.61. The first-order valence-corrected chi connectivity index (χ1v) is 7.31. The largest absolute Gasteiger partial charge is 0.475 e. The zero-order valence-corrected chi connectivity index (χ0v) is 12.1. The normalized spacial score (nSPS) is 16.7. The Morgan fingerprint density at radius 2 is 2.10 bits per heavy atom. The number of benzene rings is 1. The fourth-order valence-corrected chi connectivity index (χ4v) is 3.05. The van der Waals surface area contributed by atoms with Gasteiger partial charge in [0.15, 0.2) is 0 Å². The number of hydrogen-bond donors (Lipinski definition) is 2. The number of carboxylic acids is 1. The minimum atomic E-state index is -1.00. The zero-order chi connectivity index (χ0) is 14.8. The van der Waals surface area contributed by atoms with E-state index in [1.165, 1.54) is 0 Å². The summed E-state index contributed by atoms with van der Waals surface area (Å²) in [6.45, 7) is 2.64. The lowest BCUT2D eigenvalue weighted by Crippen LogP contribution is -2.40. The molecule has 1 aliphatic rings. The summed E-state index contributed by atoms with van der Waals surface area (Å²) >= 11 is 0. The average Bonchev–Trinajstić information content (AvgIpc) is 2.87. The lowest BCUT2D eigenvalue weighted by molar-refractivity contribution is 0.0661. The second kappa shape index (κ2) is 5.87. The number of para-hydroxylation sites is 1. The lowest BCUT2D eigenvalue weighted by Gasteiger charge is -2.31. The van der Waals surface area contributed by atoms with E-state index in [9.17, 15) is 9.90 Å². The Hall–Kier alpha value is -1.85. The van der Waals surface area contributed by atoms with E-state index in [1.54, 1.807) is 0 Å². The van der Waals surface area contributed by atoms with Gasteiger partial charge < -0.3 is 14.8 Å². The smallest absolute Gasteiger partial charge is 0.372 e. The first kappa shape index (κ1) is 14.1. The first-order chi connectivity index (χ1) is 10.2. The van der Waals surface area contributed by atoms with Crippen LogP contribution in [-0.2, 0) is 6.54 Å². The summed E-state index contributed by atoms with van der Waals surface area (Å²) in [6, 6.07) is 8.00. The minimum absolute atomic E-state index is 0.0667. The molecule has 0 amide bonds. The zero-order valence-electron chi connectivity index (χ0n) is 12.1. The van der Waals surface area contributed by atoms with Gasteiger partial charge in [0.05, 0.1) is 0 Å². The van der Waals surface area contributed by atoms with Gasteiger partial charge in [0.2, 0.25) is 5.76 Å². The van der Waals surface area contributed by atoms with Crippen LogP contribution in [0.15, 0.2) is 28.7 Å². The number of nitrogens with one attached hydrogen (secondary N) is 1. The maximum Gasteiger partial charge on any atom is 0.372 e. The number of fused-ring (bicyclic) bond motifs is 1. The summed E-state index contributed by atoms with van der Waals surface area (Å²) in [6.07, 6.45) is 2.18. The highest BCUT2D eigenvalue weighted by atomic mass is 16.4. The molecule has 0 bridgehead atoms. The maximum atomic E-state index is 11.4. The van der Waals surface area contributed by atoms with Gasteiger partial charge >= 0.3 is 5.97 Å². The highest BCUT2D eigenvalue weighted by molar-refractivity contribution is 5.95. The third-order valence-corrected chi connectivity index (χ3v) is 4.23. The summed E-state index contributed by atoms with van der Waals surface area (Å²) in [5.41, 5.74) is 1.42. The van der Waals surface area contributed by atoms with E-state index in [4.69, 9.17) is 4.42 Å². The van der Waals surface area contributed by atoms with E-state index in [2.05, 4.69) is 17.3 Å². The lowest BCUT2D eigenvalue weighted by atomic mass is 10.0. The summed E-state index contributed by atoms with van der Waals surface area (Å²) in [4.78, 5) is 13.7. The molecule has 1 fully saturated rings. The second-order valence-electron chi connectivity index (χ2n) is 5.61. The predicted octanol–water partition coefficient (Wildman–Crippen LogP) is 2.31. The Labute approximate surface area is 123 Å². The molecule has 0 atom stereocenters. The molecule has 1 aromatic heterocycles. The van der Waals surface area contributed by atoms with E-state index in [0.717, 1.165) is 36.9 Å². The summed E-state index contributed by atoms with van der Waals surface area (Å²) in [7, 11) is 2.06. The molecule has 1 saturated heterocycles. The Morgan fingerprint density at radius 1 is 1.38 bits per heavy atom. The number of rotatable bonds is 4. The summed E-state index contributed by atoms with van der Waals surface area (Å²) in [5.74, 6) is -0.933. The standard InChI is InChI=1S/C16H20N2O3/c1-18(11-6-8-17-9-7-11)10-13-12-4-2-3-5-14(12)21-15(13)16(19)20/h2-5,11,17H,6-10H2,1H3,(H,19,20). The van der Waals surface area contributed by atoms with Crippen LogP contribution in [0.3, 0.4) is 0 Å². The van der Waals surface area contributed by atoms with Gasteiger partial charge in [0, 0.05) is 23.5 Å². The molecule has 2 aromatic rings. The molecule has 0 aliphatic carbocycles. The quantitative estimate of drug-likeness (QED) is 0.904. The van der Waals surface area contributed by atoms with E-state index >= 15 is 0 Å². The third-order valence-electron chi connectivity index (χ3n) is 4.23. The van der Waals surface area contributed by atoms with Crippen LogP contribution in [-0.4, -0.2) is 42.2 Å². The predicted molar refractivity (Wildman–Crippen MR) is 80.5 cm³/mol. The summed E-state index contributed by atoms with van der Waals surface area (Å²) in [5, 5.41) is 13.6. The van der Waals surface area contributed by atoms with Crippen molar-refractivity contribution >= 4 is 16.9 Å². The molecule has 0 saturated carbocycles. The summed E-state index contributed by atoms with van der Waals surface area (Å²) < 4.78 is 5.51. The molecule has 0 radical (unpaired) electrons. The fraction of sp³-hybridized carbons (Fsp3) is 0.438. The van der Waals surface area contributed by atoms with Crippen molar-refractivity contribution in [3.05, 3.63) is 35.6 Å². The number of piperidine rings is 1. The first-order valence-electron chi connectivity index (χ1n) is 7.31. The highest BCUT2D eigenvalue weighted by Gasteiger charge is 2.24. The molecule has 5 nitrogen and oxygen atoms in total. The van der Waals surface area contributed by atoms with Crippen LogP contribution in [0.2, 0.25) is 0 Å². The molecule has 1 aromatic carbocycles. The van der Waals surface area contributed by atoms with Crippen molar-refractivity contribution < 1.29 is 14.3 Å². The fourth-order valence-electron chi connectivity index (χ4n) is 3.05. The van der Waals surface area contributed by atoms with Crippen molar-refractivity contribution in [3.63, 3.8) is 0 Å². The van der Waals surface area contributed by atoms with Crippen LogP contribution in [0, 0.1) is 0 Å². The number of carboxylic acid groups (broad SMARTS) is 1. The molecule has 112 valence electrons. The number of nitrogens with zero attached hydrogens (tertiary/aromatic N) is 1. The van der Waals surface area contributed by atoms with Crippen molar-refractivity contribution in [3.8, 4) is 0 Å². The molecule has 2 N–H and O–H groups in total. The number of furan rings is 1. The van der Waals surface area contributed by atoms with Gasteiger partial charge in [-0.15, -0.1) is 0 Å². The highest BCUT2D eigenvalue weighted by Crippen LogP contribution is 2.28. The number of carbonyl (C=O) groups is 1. The van der Waals surface area contributed by atoms with Crippen LogP contribution < -0.4 is 5.32 Å². The van der Waals surface area contributed by atoms with Crippen LogP contribution in [0.1, 0.15) is 29.0 Å². The molecule has 1 aliphatic heterocycles. The Morgan fingerprint density at radius 3 is 2.81 bits per heavy atom. The van der Waals surface area contributed by atoms with Crippen LogP contribution in [0.25, 0.3) is 11.0 Å². The molecule has 0 spiro atoms. The molecule has 21 heavy (non-hydrogen) atoms. The van der Waals surface area contributed by atoms with Gasteiger partial charge in [0.25, 0.3) is 0 Å². The van der Waals surface area contributed by atoms with Gasteiger partial charge in [0.1, 0.15) is 5.58 Å². The molecule has 3 rings (SSSR count). The van der Waals surface area contributed by atoms with Crippen molar-refractivity contribution in [2.75, 3.05) is 20.1 Å². The van der Waals surface area contributed by atoms with Crippen molar-refractivity contribution in [2.24, 2.45) is 0 Å². The van der Waals surface area contributed by atoms with Crippen LogP contribution in [0.5, 0.6) is 0 Å². The molecule has 0 unspecified atom stereocenters. The molecular weight excluding hydrogens is 268 g/mol. The van der Waals surface area contributed by atoms with E-state index in [-0.39, 0.29) is 5.76 Å². The van der Waals surface area contributed by atoms with Crippen LogP contribution in [0.4, 0.5) is 0 Å². The monoisotopic (exact) mass is 288 g/mol. The number of hydrogen-bond acceptors (Lipinski definition) is 4. The van der Waals surface area contributed by atoms with Gasteiger partial charge in [-0.05, 0) is 39.0 Å².